The Balaban J connectivity index is 1.65. The average Bonchev–Trinajstić information content (AvgIpc) is 3.33. The van der Waals surface area contributed by atoms with E-state index in [1.54, 1.807) is 18.5 Å². The highest BCUT2D eigenvalue weighted by atomic mass is 16.3. The van der Waals surface area contributed by atoms with Crippen LogP contribution in [0.3, 0.4) is 0 Å². The van der Waals surface area contributed by atoms with Crippen molar-refractivity contribution in [2.75, 3.05) is 13.1 Å². The predicted molar refractivity (Wildman–Crippen MR) is 97.5 cm³/mol. The third-order valence-electron chi connectivity index (χ3n) is 4.65. The van der Waals surface area contributed by atoms with Gasteiger partial charge in [-0.25, -0.2) is 4.98 Å². The normalized spacial score (nSPS) is 13.9. The Morgan fingerprint density at radius 3 is 2.42 bits per heavy atom. The van der Waals surface area contributed by atoms with Crippen molar-refractivity contribution in [3.63, 3.8) is 0 Å². The van der Waals surface area contributed by atoms with E-state index < -0.39 is 0 Å². The van der Waals surface area contributed by atoms with Crippen LogP contribution in [0, 0.1) is 0 Å². The third-order valence-corrected chi connectivity index (χ3v) is 4.65. The van der Waals surface area contributed by atoms with Crippen molar-refractivity contribution >= 4 is 5.91 Å². The highest BCUT2D eigenvalue weighted by molar-refractivity contribution is 5.94. The number of carbonyl (C=O) groups excluding carboxylic acids is 1. The summed E-state index contributed by atoms with van der Waals surface area (Å²) in [6.07, 6.45) is 5.57. The van der Waals surface area contributed by atoms with Gasteiger partial charge in [-0.2, -0.15) is 0 Å². The number of amides is 1. The van der Waals surface area contributed by atoms with Gasteiger partial charge in [0.05, 0.1) is 5.56 Å². The Labute approximate surface area is 151 Å². The molecule has 6 heteroatoms. The summed E-state index contributed by atoms with van der Waals surface area (Å²) in [5.74, 6) is 0.574. The van der Waals surface area contributed by atoms with E-state index in [4.69, 9.17) is 0 Å². The van der Waals surface area contributed by atoms with Gasteiger partial charge in [-0.15, -0.1) is 0 Å². The number of benzene rings is 2. The van der Waals surface area contributed by atoms with E-state index in [9.17, 15) is 15.0 Å². The summed E-state index contributed by atoms with van der Waals surface area (Å²) in [6, 6.07) is 11.8. The molecule has 0 bridgehead atoms. The summed E-state index contributed by atoms with van der Waals surface area (Å²) >= 11 is 0. The third kappa shape index (κ3) is 2.90. The number of nitrogens with zero attached hydrogens (tertiary/aromatic N) is 3. The molecule has 6 nitrogen and oxygen atoms in total. The number of hydrogen-bond acceptors (Lipinski definition) is 4. The van der Waals surface area contributed by atoms with Gasteiger partial charge in [-0.3, -0.25) is 9.36 Å². The summed E-state index contributed by atoms with van der Waals surface area (Å²) < 4.78 is 1.83. The number of phenols is 2. The second-order valence-electron chi connectivity index (χ2n) is 6.37. The number of phenolic OH excluding ortho intramolecular Hbond substituents is 2. The minimum atomic E-state index is -0.0433. The summed E-state index contributed by atoms with van der Waals surface area (Å²) in [7, 11) is 0. The fourth-order valence-corrected chi connectivity index (χ4v) is 3.29. The summed E-state index contributed by atoms with van der Waals surface area (Å²) in [5, 5.41) is 19.6. The van der Waals surface area contributed by atoms with Crippen LogP contribution in [0.15, 0.2) is 54.9 Å². The van der Waals surface area contributed by atoms with Crippen LogP contribution in [0.4, 0.5) is 0 Å². The first-order valence-corrected chi connectivity index (χ1v) is 8.59. The Hall–Kier alpha value is -3.28. The topological polar surface area (TPSA) is 78.6 Å². The Morgan fingerprint density at radius 1 is 1.00 bits per heavy atom. The zero-order valence-electron chi connectivity index (χ0n) is 14.2. The van der Waals surface area contributed by atoms with E-state index in [1.807, 2.05) is 33.7 Å². The molecule has 1 saturated heterocycles. The van der Waals surface area contributed by atoms with Crippen molar-refractivity contribution in [1.29, 1.82) is 0 Å². The van der Waals surface area contributed by atoms with E-state index in [-0.39, 0.29) is 17.4 Å². The maximum absolute atomic E-state index is 12.5. The van der Waals surface area contributed by atoms with Crippen molar-refractivity contribution in [1.82, 2.24) is 14.5 Å². The maximum atomic E-state index is 12.5. The molecule has 2 aromatic carbocycles. The lowest BCUT2D eigenvalue weighted by Gasteiger charge is -2.15. The largest absolute Gasteiger partial charge is 0.508 e. The summed E-state index contributed by atoms with van der Waals surface area (Å²) in [4.78, 5) is 18.7. The van der Waals surface area contributed by atoms with Crippen molar-refractivity contribution in [2.24, 2.45) is 0 Å². The van der Waals surface area contributed by atoms with Crippen LogP contribution in [0.1, 0.15) is 23.2 Å². The van der Waals surface area contributed by atoms with Crippen LogP contribution in [0.5, 0.6) is 11.5 Å². The molecule has 0 atom stereocenters. The summed E-state index contributed by atoms with van der Waals surface area (Å²) in [5.41, 5.74) is 2.03. The molecule has 1 fully saturated rings. The molecule has 132 valence electrons. The van der Waals surface area contributed by atoms with Gasteiger partial charge in [0.2, 0.25) is 0 Å². The fraction of sp³-hybridized carbons (Fsp3) is 0.200. The lowest BCUT2D eigenvalue weighted by molar-refractivity contribution is 0.0793. The lowest BCUT2D eigenvalue weighted by Crippen LogP contribution is -2.27. The Bertz CT molecular complexity index is 941. The molecular weight excluding hydrogens is 330 g/mol. The SMILES string of the molecule is O=C(c1ccc(-n2ccnc2-c2ccc(O)cc2O)cc1)N1CCCC1. The highest BCUT2D eigenvalue weighted by Gasteiger charge is 2.19. The van der Waals surface area contributed by atoms with Crippen molar-refractivity contribution in [3.05, 3.63) is 60.4 Å². The van der Waals surface area contributed by atoms with Gasteiger partial charge in [0.1, 0.15) is 17.3 Å². The Morgan fingerprint density at radius 2 is 1.73 bits per heavy atom. The number of hydrogen-bond donors (Lipinski definition) is 2. The maximum Gasteiger partial charge on any atom is 0.253 e. The van der Waals surface area contributed by atoms with Crippen LogP contribution in [0.25, 0.3) is 17.1 Å². The van der Waals surface area contributed by atoms with Crippen LogP contribution >= 0.6 is 0 Å². The van der Waals surface area contributed by atoms with Gasteiger partial charge in [0.25, 0.3) is 5.91 Å². The number of aromatic nitrogens is 2. The molecule has 1 aliphatic heterocycles. The smallest absolute Gasteiger partial charge is 0.253 e. The number of likely N-dealkylation sites (tertiary alicyclic amines) is 1. The second kappa shape index (κ2) is 6.55. The monoisotopic (exact) mass is 349 g/mol. The van der Waals surface area contributed by atoms with Gasteiger partial charge < -0.3 is 15.1 Å². The van der Waals surface area contributed by atoms with Crippen molar-refractivity contribution in [3.8, 4) is 28.6 Å². The molecule has 1 aliphatic rings. The van der Waals surface area contributed by atoms with Crippen LogP contribution in [-0.2, 0) is 0 Å². The first-order valence-electron chi connectivity index (χ1n) is 8.59. The molecule has 1 amide bonds. The molecule has 0 spiro atoms. The highest BCUT2D eigenvalue weighted by Crippen LogP contribution is 2.32. The predicted octanol–water partition coefficient (Wildman–Crippen LogP) is 3.19. The quantitative estimate of drug-likeness (QED) is 0.761. The number of rotatable bonds is 3. The molecule has 0 saturated carbocycles. The zero-order chi connectivity index (χ0) is 18.1. The van der Waals surface area contributed by atoms with Gasteiger partial charge in [0.15, 0.2) is 0 Å². The number of carbonyl (C=O) groups is 1. The van der Waals surface area contributed by atoms with Gasteiger partial charge in [-0.05, 0) is 49.2 Å². The molecule has 1 aromatic heterocycles. The van der Waals surface area contributed by atoms with E-state index in [2.05, 4.69) is 4.98 Å². The Kier molecular flexibility index (Phi) is 4.08. The minimum Gasteiger partial charge on any atom is -0.508 e. The number of imidazole rings is 1. The molecular formula is C20H19N3O3. The van der Waals surface area contributed by atoms with E-state index in [1.165, 1.54) is 12.1 Å². The molecule has 3 aromatic rings. The molecule has 0 radical (unpaired) electrons. The van der Waals surface area contributed by atoms with Crippen LogP contribution in [0.2, 0.25) is 0 Å². The minimum absolute atomic E-state index is 0.00543. The lowest BCUT2D eigenvalue weighted by atomic mass is 10.1. The zero-order valence-corrected chi connectivity index (χ0v) is 14.2. The second-order valence-corrected chi connectivity index (χ2v) is 6.37. The molecule has 0 aliphatic carbocycles. The van der Waals surface area contributed by atoms with E-state index in [0.717, 1.165) is 31.6 Å². The van der Waals surface area contributed by atoms with Crippen LogP contribution in [-0.4, -0.2) is 43.7 Å². The van der Waals surface area contributed by atoms with E-state index in [0.29, 0.717) is 17.0 Å². The first kappa shape index (κ1) is 16.2. The summed E-state index contributed by atoms with van der Waals surface area (Å²) in [6.45, 7) is 1.65. The average molecular weight is 349 g/mol. The van der Waals surface area contributed by atoms with Crippen molar-refractivity contribution < 1.29 is 15.0 Å². The van der Waals surface area contributed by atoms with Gasteiger partial charge in [0, 0.05) is 42.8 Å². The van der Waals surface area contributed by atoms with Crippen LogP contribution < -0.4 is 0 Å². The molecule has 26 heavy (non-hydrogen) atoms. The van der Waals surface area contributed by atoms with E-state index >= 15 is 0 Å². The standard InChI is InChI=1S/C20H19N3O3/c24-16-7-8-17(18(25)13-16)19-21-9-12-23(19)15-5-3-14(4-6-15)20(26)22-10-1-2-11-22/h3-9,12-13,24-25H,1-2,10-11H2. The molecule has 0 unspecified atom stereocenters. The fourth-order valence-electron chi connectivity index (χ4n) is 3.29. The molecule has 2 N–H and O–H groups in total. The van der Waals surface area contributed by atoms with Crippen molar-refractivity contribution in [2.45, 2.75) is 12.8 Å². The molecule has 4 rings (SSSR count). The first-order chi connectivity index (χ1) is 12.6. The number of aromatic hydroxyl groups is 2. The van der Waals surface area contributed by atoms with Gasteiger partial charge in [-0.1, -0.05) is 0 Å². The molecule has 2 heterocycles. The van der Waals surface area contributed by atoms with Gasteiger partial charge >= 0.3 is 0 Å².